The van der Waals surface area contributed by atoms with Crippen LogP contribution in [0.3, 0.4) is 0 Å². The van der Waals surface area contributed by atoms with E-state index in [1.54, 1.807) is 24.0 Å². The molecule has 0 fully saturated rings. The fourth-order valence-electron chi connectivity index (χ4n) is 1.91. The Morgan fingerprint density at radius 1 is 1.33 bits per heavy atom. The number of fused-ring (bicyclic) bond motifs is 1. The molecule has 0 saturated heterocycles. The summed E-state index contributed by atoms with van der Waals surface area (Å²) in [4.78, 5) is 11.7. The topological polar surface area (TPSA) is 52.6 Å². The van der Waals surface area contributed by atoms with E-state index >= 15 is 0 Å². The third-order valence-corrected chi connectivity index (χ3v) is 3.84. The first-order valence-corrected chi connectivity index (χ1v) is 6.30. The SMILES string of the molecule is COC(=O)C1=CSC(c2ccco2)c2occc21. The van der Waals surface area contributed by atoms with Crippen molar-refractivity contribution in [3.8, 4) is 0 Å². The highest BCUT2D eigenvalue weighted by atomic mass is 32.2. The standard InChI is InChI=1S/C13H10O4S/c1-15-13(14)9-7-18-12(10-3-2-5-16-10)11-8(9)4-6-17-11/h2-7,12H,1H3. The zero-order valence-electron chi connectivity index (χ0n) is 9.58. The van der Waals surface area contributed by atoms with E-state index in [-0.39, 0.29) is 11.2 Å². The van der Waals surface area contributed by atoms with Gasteiger partial charge in [-0.2, -0.15) is 0 Å². The Hall–Kier alpha value is -1.88. The van der Waals surface area contributed by atoms with Crippen molar-refractivity contribution in [2.45, 2.75) is 5.25 Å². The highest BCUT2D eigenvalue weighted by Gasteiger charge is 2.31. The molecule has 0 spiro atoms. The first kappa shape index (κ1) is 11.2. The number of methoxy groups -OCH3 is 1. The van der Waals surface area contributed by atoms with Crippen molar-refractivity contribution < 1.29 is 18.4 Å². The number of thioether (sulfide) groups is 1. The highest BCUT2D eigenvalue weighted by molar-refractivity contribution is 8.02. The fraction of sp³-hybridized carbons (Fsp3) is 0.154. The molecule has 1 atom stereocenters. The second kappa shape index (κ2) is 4.42. The molecule has 0 amide bonds. The van der Waals surface area contributed by atoms with Crippen LogP contribution in [-0.4, -0.2) is 13.1 Å². The van der Waals surface area contributed by atoms with Crippen molar-refractivity contribution in [1.29, 1.82) is 0 Å². The van der Waals surface area contributed by atoms with Gasteiger partial charge in [-0.15, -0.1) is 11.8 Å². The Bertz CT molecular complexity index is 594. The van der Waals surface area contributed by atoms with Gasteiger partial charge in [0.25, 0.3) is 0 Å². The van der Waals surface area contributed by atoms with Gasteiger partial charge in [0.2, 0.25) is 0 Å². The van der Waals surface area contributed by atoms with Crippen LogP contribution in [0.1, 0.15) is 22.3 Å². The minimum absolute atomic E-state index is 0.0570. The summed E-state index contributed by atoms with van der Waals surface area (Å²) < 4.78 is 15.6. The average molecular weight is 262 g/mol. The van der Waals surface area contributed by atoms with E-state index in [9.17, 15) is 4.79 Å². The molecule has 0 N–H and O–H groups in total. The summed E-state index contributed by atoms with van der Waals surface area (Å²) in [6.45, 7) is 0. The Morgan fingerprint density at radius 3 is 2.94 bits per heavy atom. The van der Waals surface area contributed by atoms with Crippen molar-refractivity contribution in [2.75, 3.05) is 7.11 Å². The summed E-state index contributed by atoms with van der Waals surface area (Å²) in [5.41, 5.74) is 1.29. The number of ether oxygens (including phenoxy) is 1. The molecule has 2 aromatic rings. The van der Waals surface area contributed by atoms with Crippen LogP contribution in [0.25, 0.3) is 5.57 Å². The molecule has 0 aromatic carbocycles. The highest BCUT2D eigenvalue weighted by Crippen LogP contribution is 2.45. The first-order valence-electron chi connectivity index (χ1n) is 5.36. The quantitative estimate of drug-likeness (QED) is 0.778. The van der Waals surface area contributed by atoms with Gasteiger partial charge in [-0.1, -0.05) is 0 Å². The predicted molar refractivity (Wildman–Crippen MR) is 66.8 cm³/mol. The van der Waals surface area contributed by atoms with E-state index in [0.29, 0.717) is 5.57 Å². The van der Waals surface area contributed by atoms with Gasteiger partial charge in [-0.05, 0) is 23.6 Å². The number of carbonyl (C=O) groups is 1. The summed E-state index contributed by atoms with van der Waals surface area (Å²) in [5.74, 6) is 1.16. The van der Waals surface area contributed by atoms with Crippen molar-refractivity contribution in [3.05, 3.63) is 53.2 Å². The molecule has 0 bridgehead atoms. The minimum atomic E-state index is -0.358. The zero-order valence-corrected chi connectivity index (χ0v) is 10.4. The van der Waals surface area contributed by atoms with Crippen LogP contribution in [0.5, 0.6) is 0 Å². The number of carbonyl (C=O) groups excluding carboxylic acids is 1. The van der Waals surface area contributed by atoms with E-state index in [1.165, 1.54) is 18.9 Å². The van der Waals surface area contributed by atoms with Gasteiger partial charge in [0.05, 0.1) is 25.2 Å². The van der Waals surface area contributed by atoms with Crippen LogP contribution in [0.15, 0.2) is 45.0 Å². The van der Waals surface area contributed by atoms with Gasteiger partial charge >= 0.3 is 5.97 Å². The Kier molecular flexibility index (Phi) is 2.76. The molecule has 18 heavy (non-hydrogen) atoms. The van der Waals surface area contributed by atoms with Crippen molar-refractivity contribution in [3.63, 3.8) is 0 Å². The molecule has 4 nitrogen and oxygen atoms in total. The van der Waals surface area contributed by atoms with Crippen LogP contribution in [0.2, 0.25) is 0 Å². The molecule has 5 heteroatoms. The van der Waals surface area contributed by atoms with Crippen LogP contribution in [-0.2, 0) is 9.53 Å². The normalized spacial score (nSPS) is 18.1. The van der Waals surface area contributed by atoms with Crippen LogP contribution < -0.4 is 0 Å². The van der Waals surface area contributed by atoms with Crippen molar-refractivity contribution in [2.24, 2.45) is 0 Å². The first-order chi connectivity index (χ1) is 8.81. The van der Waals surface area contributed by atoms with Gasteiger partial charge in [0.1, 0.15) is 16.8 Å². The molecule has 3 rings (SSSR count). The third kappa shape index (κ3) is 1.67. The van der Waals surface area contributed by atoms with Gasteiger partial charge in [0, 0.05) is 5.56 Å². The maximum Gasteiger partial charge on any atom is 0.339 e. The Labute approximate surface area is 108 Å². The van der Waals surface area contributed by atoms with E-state index in [1.807, 2.05) is 12.1 Å². The van der Waals surface area contributed by atoms with Crippen molar-refractivity contribution >= 4 is 23.3 Å². The molecular formula is C13H10O4S. The second-order valence-electron chi connectivity index (χ2n) is 3.75. The van der Waals surface area contributed by atoms with E-state index in [4.69, 9.17) is 13.6 Å². The molecule has 0 aliphatic carbocycles. The van der Waals surface area contributed by atoms with Crippen LogP contribution in [0.4, 0.5) is 0 Å². The fourth-order valence-corrected chi connectivity index (χ4v) is 2.98. The lowest BCUT2D eigenvalue weighted by molar-refractivity contribution is -0.133. The van der Waals surface area contributed by atoms with Crippen LogP contribution >= 0.6 is 11.8 Å². The van der Waals surface area contributed by atoms with Gasteiger partial charge in [-0.3, -0.25) is 0 Å². The second-order valence-corrected chi connectivity index (χ2v) is 4.73. The molecule has 1 unspecified atom stereocenters. The lowest BCUT2D eigenvalue weighted by Gasteiger charge is -2.17. The van der Waals surface area contributed by atoms with E-state index in [0.717, 1.165) is 17.1 Å². The summed E-state index contributed by atoms with van der Waals surface area (Å²) >= 11 is 1.47. The zero-order chi connectivity index (χ0) is 12.5. The number of furan rings is 2. The van der Waals surface area contributed by atoms with Crippen LogP contribution in [0, 0.1) is 0 Å². The number of rotatable bonds is 2. The van der Waals surface area contributed by atoms with E-state index in [2.05, 4.69) is 0 Å². The molecular weight excluding hydrogens is 252 g/mol. The third-order valence-electron chi connectivity index (χ3n) is 2.75. The number of esters is 1. The maximum absolute atomic E-state index is 11.7. The monoisotopic (exact) mass is 262 g/mol. The average Bonchev–Trinajstić information content (AvgIpc) is 3.07. The Morgan fingerprint density at radius 2 is 2.22 bits per heavy atom. The number of hydrogen-bond acceptors (Lipinski definition) is 5. The molecule has 2 aromatic heterocycles. The lowest BCUT2D eigenvalue weighted by Crippen LogP contribution is -2.09. The van der Waals surface area contributed by atoms with E-state index < -0.39 is 0 Å². The molecule has 0 radical (unpaired) electrons. The molecule has 1 aliphatic heterocycles. The molecule has 1 aliphatic rings. The summed E-state index contributed by atoms with van der Waals surface area (Å²) in [7, 11) is 1.37. The summed E-state index contributed by atoms with van der Waals surface area (Å²) in [6, 6.07) is 5.49. The lowest BCUT2D eigenvalue weighted by atomic mass is 10.1. The summed E-state index contributed by atoms with van der Waals surface area (Å²) in [6.07, 6.45) is 3.20. The molecule has 92 valence electrons. The minimum Gasteiger partial charge on any atom is -0.468 e. The summed E-state index contributed by atoms with van der Waals surface area (Å²) in [5, 5.41) is 1.73. The smallest absolute Gasteiger partial charge is 0.339 e. The molecule has 3 heterocycles. The number of hydrogen-bond donors (Lipinski definition) is 0. The van der Waals surface area contributed by atoms with Gasteiger partial charge < -0.3 is 13.6 Å². The van der Waals surface area contributed by atoms with Gasteiger partial charge in [-0.25, -0.2) is 4.79 Å². The Balaban J connectivity index is 2.03. The van der Waals surface area contributed by atoms with Crippen molar-refractivity contribution in [1.82, 2.24) is 0 Å². The molecule has 0 saturated carbocycles. The maximum atomic E-state index is 11.7. The van der Waals surface area contributed by atoms with Gasteiger partial charge in [0.15, 0.2) is 0 Å². The predicted octanol–water partition coefficient (Wildman–Crippen LogP) is 3.22. The largest absolute Gasteiger partial charge is 0.468 e.